The summed E-state index contributed by atoms with van der Waals surface area (Å²) >= 11 is 6.30. The highest BCUT2D eigenvalue weighted by Gasteiger charge is 2.20. The van der Waals surface area contributed by atoms with Gasteiger partial charge in [-0.1, -0.05) is 28.9 Å². The van der Waals surface area contributed by atoms with Crippen LogP contribution >= 0.6 is 11.6 Å². The first-order valence-corrected chi connectivity index (χ1v) is 7.62. The molecule has 0 spiro atoms. The Kier molecular flexibility index (Phi) is 5.85. The Morgan fingerprint density at radius 3 is 3.05 bits per heavy atom. The molecule has 0 amide bonds. The molecule has 1 unspecified atom stereocenters. The molecule has 5 nitrogen and oxygen atoms in total. The molecule has 0 radical (unpaired) electrons. The molecule has 1 atom stereocenters. The number of ether oxygens (including phenoxy) is 1. The van der Waals surface area contributed by atoms with Crippen molar-refractivity contribution in [2.75, 3.05) is 19.7 Å². The quantitative estimate of drug-likeness (QED) is 0.379. The van der Waals surface area contributed by atoms with Crippen LogP contribution in [-0.2, 0) is 11.3 Å². The number of nitrogens with two attached hydrogens (primary N) is 1. The average molecular weight is 312 g/mol. The lowest BCUT2D eigenvalue weighted by Gasteiger charge is -2.32. The van der Waals surface area contributed by atoms with Crippen molar-refractivity contribution < 1.29 is 9.94 Å². The Hall–Kier alpha value is -1.30. The first-order chi connectivity index (χ1) is 10.1. The minimum absolute atomic E-state index is 0.0674. The summed E-state index contributed by atoms with van der Waals surface area (Å²) in [5.41, 5.74) is 7.23. The van der Waals surface area contributed by atoms with E-state index in [4.69, 9.17) is 27.3 Å². The highest BCUT2D eigenvalue weighted by Crippen LogP contribution is 2.22. The predicted molar refractivity (Wildman–Crippen MR) is 83.9 cm³/mol. The molecular formula is C15H22ClN3O2. The minimum atomic E-state index is 0.0674. The van der Waals surface area contributed by atoms with Crippen molar-refractivity contribution in [2.24, 2.45) is 10.9 Å². The van der Waals surface area contributed by atoms with Gasteiger partial charge in [0.1, 0.15) is 0 Å². The summed E-state index contributed by atoms with van der Waals surface area (Å²) in [5, 5.41) is 12.3. The number of hydrogen-bond acceptors (Lipinski definition) is 4. The van der Waals surface area contributed by atoms with Gasteiger partial charge in [-0.25, -0.2) is 0 Å². The maximum atomic E-state index is 8.69. The third-order valence-electron chi connectivity index (χ3n) is 3.72. The van der Waals surface area contributed by atoms with E-state index in [0.717, 1.165) is 44.6 Å². The van der Waals surface area contributed by atoms with Crippen LogP contribution in [-0.4, -0.2) is 41.7 Å². The number of hydrogen-bond donors (Lipinski definition) is 2. The van der Waals surface area contributed by atoms with Gasteiger partial charge in [0.25, 0.3) is 0 Å². The second-order valence-electron chi connectivity index (χ2n) is 5.25. The van der Waals surface area contributed by atoms with Crippen LogP contribution in [0.5, 0.6) is 0 Å². The topological polar surface area (TPSA) is 71.1 Å². The third kappa shape index (κ3) is 4.33. The molecule has 1 saturated heterocycles. The summed E-state index contributed by atoms with van der Waals surface area (Å²) in [7, 11) is 0. The number of oxime groups is 1. The zero-order valence-corrected chi connectivity index (χ0v) is 13.0. The summed E-state index contributed by atoms with van der Waals surface area (Å²) in [4.78, 5) is 2.36. The summed E-state index contributed by atoms with van der Waals surface area (Å²) in [6, 6.07) is 5.48. The van der Waals surface area contributed by atoms with Gasteiger partial charge in [-0.2, -0.15) is 0 Å². The number of likely N-dealkylation sites (tertiary alicyclic amines) is 1. The molecule has 116 valence electrons. The summed E-state index contributed by atoms with van der Waals surface area (Å²) < 4.78 is 5.71. The number of rotatable bonds is 5. The van der Waals surface area contributed by atoms with Gasteiger partial charge in [0.05, 0.1) is 6.10 Å². The van der Waals surface area contributed by atoms with Crippen molar-refractivity contribution in [1.82, 2.24) is 4.90 Å². The van der Waals surface area contributed by atoms with Crippen molar-refractivity contribution in [1.29, 1.82) is 0 Å². The van der Waals surface area contributed by atoms with E-state index in [1.165, 1.54) is 0 Å². The Labute approximate surface area is 130 Å². The first kappa shape index (κ1) is 16.1. The highest BCUT2D eigenvalue weighted by molar-refractivity contribution is 6.31. The standard InChI is InChI=1S/C15H22ClN3O2/c1-2-21-13-4-3-7-19(10-13)9-12-6-5-11(8-14(12)16)15(17)18-20/h5-6,8,13,20H,2-4,7,9-10H2,1H3,(H2,17,18). The maximum Gasteiger partial charge on any atom is 0.170 e. The van der Waals surface area contributed by atoms with Crippen LogP contribution < -0.4 is 5.73 Å². The van der Waals surface area contributed by atoms with E-state index in [1.807, 2.05) is 19.1 Å². The second kappa shape index (κ2) is 7.64. The molecule has 6 heteroatoms. The SMILES string of the molecule is CCOC1CCCN(Cc2ccc(/C(N)=N/O)cc2Cl)C1. The molecular weight excluding hydrogens is 290 g/mol. The third-order valence-corrected chi connectivity index (χ3v) is 4.07. The van der Waals surface area contributed by atoms with Gasteiger partial charge in [-0.3, -0.25) is 4.90 Å². The van der Waals surface area contributed by atoms with Gasteiger partial charge < -0.3 is 15.7 Å². The molecule has 1 aliphatic heterocycles. The highest BCUT2D eigenvalue weighted by atomic mass is 35.5. The fourth-order valence-corrected chi connectivity index (χ4v) is 2.90. The number of nitrogens with zero attached hydrogens (tertiary/aromatic N) is 2. The Morgan fingerprint density at radius 1 is 1.57 bits per heavy atom. The van der Waals surface area contributed by atoms with Crippen LogP contribution in [0.15, 0.2) is 23.4 Å². The van der Waals surface area contributed by atoms with Gasteiger partial charge >= 0.3 is 0 Å². The second-order valence-corrected chi connectivity index (χ2v) is 5.65. The lowest BCUT2D eigenvalue weighted by molar-refractivity contribution is 0.00364. The van der Waals surface area contributed by atoms with E-state index in [0.29, 0.717) is 16.7 Å². The molecule has 1 aromatic carbocycles. The number of piperidine rings is 1. The molecule has 0 bridgehead atoms. The normalized spacial score (nSPS) is 20.7. The molecule has 1 heterocycles. The van der Waals surface area contributed by atoms with Crippen LogP contribution in [0.4, 0.5) is 0 Å². The van der Waals surface area contributed by atoms with Gasteiger partial charge in [0.2, 0.25) is 0 Å². The van der Waals surface area contributed by atoms with E-state index in [1.54, 1.807) is 6.07 Å². The van der Waals surface area contributed by atoms with E-state index >= 15 is 0 Å². The molecule has 0 aliphatic carbocycles. The largest absolute Gasteiger partial charge is 0.409 e. The lowest BCUT2D eigenvalue weighted by Crippen LogP contribution is -2.39. The average Bonchev–Trinajstić information content (AvgIpc) is 2.49. The number of benzene rings is 1. The summed E-state index contributed by atoms with van der Waals surface area (Å²) in [6.45, 7) is 5.57. The van der Waals surface area contributed by atoms with Crippen molar-refractivity contribution >= 4 is 17.4 Å². The first-order valence-electron chi connectivity index (χ1n) is 7.24. The molecule has 1 aromatic rings. The van der Waals surface area contributed by atoms with Crippen molar-refractivity contribution in [3.8, 4) is 0 Å². The van der Waals surface area contributed by atoms with Gasteiger partial charge in [-0.15, -0.1) is 0 Å². The lowest BCUT2D eigenvalue weighted by atomic mass is 10.1. The van der Waals surface area contributed by atoms with Crippen molar-refractivity contribution in [3.63, 3.8) is 0 Å². The van der Waals surface area contributed by atoms with E-state index < -0.39 is 0 Å². The Balaban J connectivity index is 2.02. The van der Waals surface area contributed by atoms with Crippen LogP contribution in [0.2, 0.25) is 5.02 Å². The fraction of sp³-hybridized carbons (Fsp3) is 0.533. The van der Waals surface area contributed by atoms with E-state index in [2.05, 4.69) is 10.1 Å². The predicted octanol–water partition coefficient (Wildman–Crippen LogP) is 2.44. The molecule has 3 N–H and O–H groups in total. The van der Waals surface area contributed by atoms with Crippen LogP contribution in [0.1, 0.15) is 30.9 Å². The molecule has 2 rings (SSSR count). The molecule has 0 aromatic heterocycles. The van der Waals surface area contributed by atoms with E-state index in [9.17, 15) is 0 Å². The van der Waals surface area contributed by atoms with Gasteiger partial charge in [0, 0.05) is 30.3 Å². The van der Waals surface area contributed by atoms with Crippen molar-refractivity contribution in [3.05, 3.63) is 34.3 Å². The minimum Gasteiger partial charge on any atom is -0.409 e. The molecule has 21 heavy (non-hydrogen) atoms. The molecule has 1 fully saturated rings. The zero-order chi connectivity index (χ0) is 15.2. The number of halogens is 1. The van der Waals surface area contributed by atoms with Gasteiger partial charge in [0.15, 0.2) is 5.84 Å². The number of amidine groups is 1. The van der Waals surface area contributed by atoms with E-state index in [-0.39, 0.29) is 5.84 Å². The van der Waals surface area contributed by atoms with Crippen LogP contribution in [0.25, 0.3) is 0 Å². The van der Waals surface area contributed by atoms with Crippen molar-refractivity contribution in [2.45, 2.75) is 32.4 Å². The molecule has 0 saturated carbocycles. The smallest absolute Gasteiger partial charge is 0.170 e. The monoisotopic (exact) mass is 311 g/mol. The summed E-state index contributed by atoms with van der Waals surface area (Å²) in [5.74, 6) is 0.0674. The Morgan fingerprint density at radius 2 is 2.38 bits per heavy atom. The summed E-state index contributed by atoms with van der Waals surface area (Å²) in [6.07, 6.45) is 2.59. The maximum absolute atomic E-state index is 8.69. The Bertz CT molecular complexity index is 506. The fourth-order valence-electron chi connectivity index (χ4n) is 2.66. The van der Waals surface area contributed by atoms with Crippen LogP contribution in [0.3, 0.4) is 0 Å². The molecule has 1 aliphatic rings. The zero-order valence-electron chi connectivity index (χ0n) is 12.3. The van der Waals surface area contributed by atoms with Crippen LogP contribution in [0, 0.1) is 0 Å². The van der Waals surface area contributed by atoms with Gasteiger partial charge in [-0.05, 0) is 37.9 Å².